The number of carbonyl (C=O) groups is 1. The number of carbonyl (C=O) groups excluding carboxylic acids is 1. The molecule has 3 rings (SSSR count). The van der Waals surface area contributed by atoms with E-state index < -0.39 is 0 Å². The summed E-state index contributed by atoms with van der Waals surface area (Å²) in [6.45, 7) is 3.32. The van der Waals surface area contributed by atoms with E-state index in [1.807, 2.05) is 36.1 Å². The first kappa shape index (κ1) is 15.5. The molecule has 0 unspecified atom stereocenters. The van der Waals surface area contributed by atoms with E-state index >= 15 is 0 Å². The van der Waals surface area contributed by atoms with Crippen molar-refractivity contribution in [2.24, 2.45) is 0 Å². The van der Waals surface area contributed by atoms with Crippen LogP contribution < -0.4 is 4.74 Å². The Bertz CT molecular complexity index is 676. The normalized spacial score (nSPS) is 15.5. The van der Waals surface area contributed by atoms with Crippen LogP contribution in [0.1, 0.15) is 28.8 Å². The van der Waals surface area contributed by atoms with Gasteiger partial charge in [-0.2, -0.15) is 0 Å². The van der Waals surface area contributed by atoms with Gasteiger partial charge in [0.2, 0.25) is 0 Å². The summed E-state index contributed by atoms with van der Waals surface area (Å²) in [4.78, 5) is 14.4. The van der Waals surface area contributed by atoms with Gasteiger partial charge >= 0.3 is 0 Å². The van der Waals surface area contributed by atoms with E-state index in [0.717, 1.165) is 24.0 Å². The van der Waals surface area contributed by atoms with Gasteiger partial charge in [0, 0.05) is 31.5 Å². The van der Waals surface area contributed by atoms with Crippen LogP contribution >= 0.6 is 0 Å². The first-order valence-electron chi connectivity index (χ1n) is 7.90. The molecular formula is C19H20FNO2. The lowest BCUT2D eigenvalue weighted by atomic mass is 10.0. The van der Waals surface area contributed by atoms with E-state index in [1.165, 1.54) is 12.1 Å². The second-order valence-corrected chi connectivity index (χ2v) is 5.88. The molecule has 1 aliphatic rings. The van der Waals surface area contributed by atoms with Gasteiger partial charge in [0.25, 0.3) is 5.91 Å². The molecule has 0 bridgehead atoms. The Labute approximate surface area is 135 Å². The summed E-state index contributed by atoms with van der Waals surface area (Å²) in [6, 6.07) is 13.7. The van der Waals surface area contributed by atoms with Crippen LogP contribution in [0.5, 0.6) is 5.75 Å². The van der Waals surface area contributed by atoms with Gasteiger partial charge < -0.3 is 9.64 Å². The Morgan fingerprint density at radius 3 is 2.39 bits per heavy atom. The van der Waals surface area contributed by atoms with Crippen molar-refractivity contribution in [3.05, 3.63) is 65.5 Å². The van der Waals surface area contributed by atoms with Gasteiger partial charge in [-0.25, -0.2) is 4.39 Å². The molecule has 1 heterocycles. The van der Waals surface area contributed by atoms with Crippen LogP contribution in [0.2, 0.25) is 0 Å². The van der Waals surface area contributed by atoms with Crippen molar-refractivity contribution in [1.29, 1.82) is 0 Å². The predicted molar refractivity (Wildman–Crippen MR) is 87.1 cm³/mol. The Kier molecular flexibility index (Phi) is 4.60. The lowest BCUT2D eigenvalue weighted by molar-refractivity contribution is 0.0595. The van der Waals surface area contributed by atoms with E-state index in [2.05, 4.69) is 0 Å². The molecule has 1 saturated heterocycles. The number of rotatable bonds is 3. The highest BCUT2D eigenvalue weighted by molar-refractivity contribution is 5.95. The van der Waals surface area contributed by atoms with Crippen molar-refractivity contribution >= 4 is 5.91 Å². The summed E-state index contributed by atoms with van der Waals surface area (Å²) in [5.41, 5.74) is 1.77. The molecule has 1 aliphatic heterocycles. The lowest BCUT2D eigenvalue weighted by Crippen LogP contribution is -2.42. The summed E-state index contributed by atoms with van der Waals surface area (Å²) in [5.74, 6) is 0.495. The highest BCUT2D eigenvalue weighted by Crippen LogP contribution is 2.21. The van der Waals surface area contributed by atoms with Gasteiger partial charge in [-0.3, -0.25) is 4.79 Å². The third-order valence-electron chi connectivity index (χ3n) is 4.22. The minimum Gasteiger partial charge on any atom is -0.490 e. The summed E-state index contributed by atoms with van der Waals surface area (Å²) >= 11 is 0. The van der Waals surface area contributed by atoms with Crippen LogP contribution in [0.4, 0.5) is 4.39 Å². The smallest absolute Gasteiger partial charge is 0.254 e. The zero-order valence-electron chi connectivity index (χ0n) is 13.2. The quantitative estimate of drug-likeness (QED) is 0.862. The number of ether oxygens (including phenoxy) is 1. The second kappa shape index (κ2) is 6.82. The average molecular weight is 313 g/mol. The van der Waals surface area contributed by atoms with Crippen molar-refractivity contribution in [3.63, 3.8) is 0 Å². The maximum Gasteiger partial charge on any atom is 0.254 e. The number of halogens is 1. The largest absolute Gasteiger partial charge is 0.490 e. The van der Waals surface area contributed by atoms with Gasteiger partial charge in [0.1, 0.15) is 17.7 Å². The summed E-state index contributed by atoms with van der Waals surface area (Å²) in [5, 5.41) is 0. The Balaban J connectivity index is 1.57. The highest BCUT2D eigenvalue weighted by atomic mass is 19.1. The van der Waals surface area contributed by atoms with Crippen molar-refractivity contribution in [2.45, 2.75) is 25.9 Å². The lowest BCUT2D eigenvalue weighted by Gasteiger charge is -2.32. The molecule has 0 saturated carbocycles. The predicted octanol–water partition coefficient (Wildman–Crippen LogP) is 3.82. The number of likely N-dealkylation sites (tertiary alicyclic amines) is 1. The minimum absolute atomic E-state index is 0.0707. The fraction of sp³-hybridized carbons (Fsp3) is 0.316. The highest BCUT2D eigenvalue weighted by Gasteiger charge is 2.25. The van der Waals surface area contributed by atoms with Crippen LogP contribution in [-0.2, 0) is 0 Å². The van der Waals surface area contributed by atoms with Crippen LogP contribution in [-0.4, -0.2) is 30.0 Å². The number of hydrogen-bond acceptors (Lipinski definition) is 2. The zero-order valence-corrected chi connectivity index (χ0v) is 13.2. The third-order valence-corrected chi connectivity index (χ3v) is 4.22. The van der Waals surface area contributed by atoms with Crippen LogP contribution in [0.25, 0.3) is 0 Å². The molecule has 23 heavy (non-hydrogen) atoms. The van der Waals surface area contributed by atoms with Crippen molar-refractivity contribution < 1.29 is 13.9 Å². The number of nitrogens with zero attached hydrogens (tertiary/aromatic N) is 1. The second-order valence-electron chi connectivity index (χ2n) is 5.88. The summed E-state index contributed by atoms with van der Waals surface area (Å²) < 4.78 is 18.8. The number of benzene rings is 2. The fourth-order valence-corrected chi connectivity index (χ4v) is 2.87. The van der Waals surface area contributed by atoms with Crippen LogP contribution in [0.15, 0.2) is 48.5 Å². The molecule has 0 radical (unpaired) electrons. The SMILES string of the molecule is Cc1ccccc1C(=O)N1CCC(Oc2ccc(F)cc2)CC1. The molecular weight excluding hydrogens is 293 g/mol. The first-order chi connectivity index (χ1) is 11.1. The molecule has 1 fully saturated rings. The summed E-state index contributed by atoms with van der Waals surface area (Å²) in [6.07, 6.45) is 1.64. The topological polar surface area (TPSA) is 29.5 Å². The average Bonchev–Trinajstić information content (AvgIpc) is 2.57. The Morgan fingerprint density at radius 1 is 1.09 bits per heavy atom. The van der Waals surface area contributed by atoms with Crippen molar-refractivity contribution in [2.75, 3.05) is 13.1 Å². The number of piperidine rings is 1. The number of aryl methyl sites for hydroxylation is 1. The molecule has 2 aromatic rings. The van der Waals surface area contributed by atoms with Gasteiger partial charge in [-0.15, -0.1) is 0 Å². The molecule has 4 heteroatoms. The molecule has 1 amide bonds. The van der Waals surface area contributed by atoms with E-state index in [4.69, 9.17) is 4.74 Å². The molecule has 120 valence electrons. The van der Waals surface area contributed by atoms with Gasteiger partial charge in [-0.1, -0.05) is 18.2 Å². The number of hydrogen-bond donors (Lipinski definition) is 0. The number of amides is 1. The molecule has 3 nitrogen and oxygen atoms in total. The third kappa shape index (κ3) is 3.70. The molecule has 0 atom stereocenters. The standard InChI is InChI=1S/C19H20FNO2/c1-14-4-2-3-5-18(14)19(22)21-12-10-17(11-13-21)23-16-8-6-15(20)7-9-16/h2-9,17H,10-13H2,1H3. The molecule has 0 aromatic heterocycles. The van der Waals surface area contributed by atoms with Gasteiger partial charge in [0.05, 0.1) is 0 Å². The van der Waals surface area contributed by atoms with Gasteiger partial charge in [-0.05, 0) is 42.8 Å². The van der Waals surface area contributed by atoms with Crippen LogP contribution in [0, 0.1) is 12.7 Å². The zero-order chi connectivity index (χ0) is 16.2. The van der Waals surface area contributed by atoms with E-state index in [0.29, 0.717) is 18.8 Å². The molecule has 0 aliphatic carbocycles. The monoisotopic (exact) mass is 313 g/mol. The van der Waals surface area contributed by atoms with E-state index in [-0.39, 0.29) is 17.8 Å². The van der Waals surface area contributed by atoms with Crippen LogP contribution in [0.3, 0.4) is 0 Å². The maximum absolute atomic E-state index is 12.9. The van der Waals surface area contributed by atoms with E-state index in [1.54, 1.807) is 12.1 Å². The molecule has 0 N–H and O–H groups in total. The summed E-state index contributed by atoms with van der Waals surface area (Å²) in [7, 11) is 0. The van der Waals surface area contributed by atoms with Crippen molar-refractivity contribution in [1.82, 2.24) is 4.90 Å². The Hall–Kier alpha value is -2.36. The fourth-order valence-electron chi connectivity index (χ4n) is 2.87. The maximum atomic E-state index is 12.9. The molecule has 0 spiro atoms. The minimum atomic E-state index is -0.268. The van der Waals surface area contributed by atoms with Gasteiger partial charge in [0.15, 0.2) is 0 Å². The molecule has 2 aromatic carbocycles. The first-order valence-corrected chi connectivity index (χ1v) is 7.90. The Morgan fingerprint density at radius 2 is 1.74 bits per heavy atom. The van der Waals surface area contributed by atoms with Crippen molar-refractivity contribution in [3.8, 4) is 5.75 Å². The van der Waals surface area contributed by atoms with E-state index in [9.17, 15) is 9.18 Å².